The Morgan fingerprint density at radius 3 is 2.53 bits per heavy atom. The third-order valence-corrected chi connectivity index (χ3v) is 7.31. The van der Waals surface area contributed by atoms with E-state index in [-0.39, 0.29) is 18.0 Å². The largest absolute Gasteiger partial charge is 0.352 e. The molecule has 3 aromatic carbocycles. The Morgan fingerprint density at radius 1 is 0.895 bits per heavy atom. The quantitative estimate of drug-likeness (QED) is 0.258. The van der Waals surface area contributed by atoms with Crippen molar-refractivity contribution in [1.29, 1.82) is 0 Å². The molecular weight excluding hydrogens is 490 g/mol. The first kappa shape index (κ1) is 23.9. The summed E-state index contributed by atoms with van der Waals surface area (Å²) in [6.07, 6.45) is 4.16. The van der Waals surface area contributed by atoms with Crippen LogP contribution in [0.2, 0.25) is 0 Å². The van der Waals surface area contributed by atoms with Crippen molar-refractivity contribution in [2.24, 2.45) is 0 Å². The van der Waals surface area contributed by atoms with Gasteiger partial charge in [0.1, 0.15) is 0 Å². The van der Waals surface area contributed by atoms with Gasteiger partial charge in [0, 0.05) is 47.8 Å². The Balaban J connectivity index is 1.28. The van der Waals surface area contributed by atoms with E-state index in [0.29, 0.717) is 18.1 Å². The molecule has 0 spiro atoms. The highest BCUT2D eigenvalue weighted by atomic mass is 32.1. The highest BCUT2D eigenvalue weighted by molar-refractivity contribution is 7.80. The number of thiocarbonyl (C=S) groups is 1. The summed E-state index contributed by atoms with van der Waals surface area (Å²) in [4.78, 5) is 19.9. The zero-order valence-electron chi connectivity index (χ0n) is 20.7. The maximum Gasteiger partial charge on any atom is 0.226 e. The number of amides is 1. The Morgan fingerprint density at radius 2 is 1.68 bits per heavy atom. The maximum atomic E-state index is 13.1. The van der Waals surface area contributed by atoms with Gasteiger partial charge in [0.25, 0.3) is 0 Å². The normalized spacial score (nSPS) is 16.9. The van der Waals surface area contributed by atoms with Crippen molar-refractivity contribution in [2.45, 2.75) is 18.5 Å². The smallest absolute Gasteiger partial charge is 0.226 e. The number of nitrogens with zero attached hydrogens (tertiary/aromatic N) is 3. The molecule has 6 nitrogen and oxygen atoms in total. The minimum absolute atomic E-state index is 0.0531. The Labute approximate surface area is 226 Å². The van der Waals surface area contributed by atoms with Gasteiger partial charge in [-0.3, -0.25) is 9.78 Å². The van der Waals surface area contributed by atoms with Crippen molar-refractivity contribution in [3.8, 4) is 5.69 Å². The number of hydrogen-bond acceptors (Lipinski definition) is 3. The summed E-state index contributed by atoms with van der Waals surface area (Å²) in [5.41, 5.74) is 3.87. The molecule has 2 aromatic heterocycles. The molecule has 1 fully saturated rings. The molecule has 0 saturated carbocycles. The van der Waals surface area contributed by atoms with Gasteiger partial charge in [-0.2, -0.15) is 0 Å². The summed E-state index contributed by atoms with van der Waals surface area (Å²) < 4.78 is 2.18. The molecule has 3 heterocycles. The van der Waals surface area contributed by atoms with E-state index in [2.05, 4.69) is 49.5 Å². The second-order valence-corrected chi connectivity index (χ2v) is 9.67. The third kappa shape index (κ3) is 4.64. The number of fused-ring (bicyclic) bond motifs is 1. The summed E-state index contributed by atoms with van der Waals surface area (Å²) in [6.45, 7) is 0.469. The van der Waals surface area contributed by atoms with Gasteiger partial charge in [-0.1, -0.05) is 60.7 Å². The number of para-hydroxylation sites is 1. The van der Waals surface area contributed by atoms with Crippen LogP contribution < -0.4 is 10.6 Å². The van der Waals surface area contributed by atoms with Crippen molar-refractivity contribution in [3.63, 3.8) is 0 Å². The van der Waals surface area contributed by atoms with Crippen LogP contribution in [0.25, 0.3) is 16.5 Å². The molecular formula is C31H27N5OS. The van der Waals surface area contributed by atoms with E-state index >= 15 is 0 Å². The second kappa shape index (κ2) is 10.5. The highest BCUT2D eigenvalue weighted by Gasteiger charge is 2.41. The molecule has 6 rings (SSSR count). The predicted octanol–water partition coefficient (Wildman–Crippen LogP) is 6.03. The van der Waals surface area contributed by atoms with Crippen LogP contribution in [0.1, 0.15) is 29.9 Å². The fraction of sp³-hybridized carbons (Fsp3) is 0.129. The summed E-state index contributed by atoms with van der Waals surface area (Å²) >= 11 is 5.82. The van der Waals surface area contributed by atoms with Gasteiger partial charge >= 0.3 is 0 Å². The van der Waals surface area contributed by atoms with Gasteiger partial charge in [0.2, 0.25) is 5.91 Å². The maximum absolute atomic E-state index is 13.1. The molecule has 38 heavy (non-hydrogen) atoms. The van der Waals surface area contributed by atoms with Crippen LogP contribution in [-0.2, 0) is 4.79 Å². The molecule has 1 aliphatic rings. The fourth-order valence-corrected chi connectivity index (χ4v) is 5.53. The summed E-state index contributed by atoms with van der Waals surface area (Å²) in [5, 5.41) is 9.32. The van der Waals surface area contributed by atoms with E-state index < -0.39 is 0 Å². The molecule has 1 aliphatic heterocycles. The number of anilines is 1. The molecule has 2 atom stereocenters. The van der Waals surface area contributed by atoms with Crippen LogP contribution in [-0.4, -0.2) is 32.0 Å². The highest BCUT2D eigenvalue weighted by Crippen LogP contribution is 2.39. The van der Waals surface area contributed by atoms with Crippen LogP contribution in [0.3, 0.4) is 0 Å². The van der Waals surface area contributed by atoms with Gasteiger partial charge in [0.15, 0.2) is 5.11 Å². The van der Waals surface area contributed by atoms with E-state index in [0.717, 1.165) is 33.5 Å². The van der Waals surface area contributed by atoms with Gasteiger partial charge in [-0.05, 0) is 60.1 Å². The third-order valence-electron chi connectivity index (χ3n) is 6.96. The molecule has 0 bridgehead atoms. The van der Waals surface area contributed by atoms with E-state index in [1.54, 1.807) is 6.20 Å². The van der Waals surface area contributed by atoms with E-state index in [1.807, 2.05) is 84.9 Å². The monoisotopic (exact) mass is 517 g/mol. The van der Waals surface area contributed by atoms with Crippen LogP contribution in [0.4, 0.5) is 5.69 Å². The molecule has 1 saturated heterocycles. The zero-order chi connectivity index (χ0) is 25.9. The summed E-state index contributed by atoms with van der Waals surface area (Å²) in [7, 11) is 0. The molecule has 0 unspecified atom stereocenters. The lowest BCUT2D eigenvalue weighted by Crippen LogP contribution is -2.33. The Hall–Kier alpha value is -4.49. The topological polar surface area (TPSA) is 62.2 Å². The van der Waals surface area contributed by atoms with E-state index in [9.17, 15) is 4.79 Å². The summed E-state index contributed by atoms with van der Waals surface area (Å²) in [5.74, 6) is -0.0531. The first-order chi connectivity index (χ1) is 18.7. The minimum Gasteiger partial charge on any atom is -0.352 e. The number of carbonyl (C=O) groups excluding carboxylic acids is 1. The number of aromatic nitrogens is 2. The lowest BCUT2D eigenvalue weighted by atomic mass is 10.0. The second-order valence-electron chi connectivity index (χ2n) is 9.28. The lowest BCUT2D eigenvalue weighted by molar-refractivity contribution is -0.116. The lowest BCUT2D eigenvalue weighted by Gasteiger charge is -2.29. The average molecular weight is 518 g/mol. The van der Waals surface area contributed by atoms with Crippen molar-refractivity contribution >= 4 is 39.7 Å². The number of nitrogens with one attached hydrogen (secondary N) is 2. The molecule has 0 aliphatic carbocycles. The molecule has 188 valence electrons. The molecule has 0 radical (unpaired) electrons. The molecule has 1 amide bonds. The zero-order valence-corrected chi connectivity index (χ0v) is 21.5. The minimum atomic E-state index is -0.151. The molecule has 5 aromatic rings. The van der Waals surface area contributed by atoms with Crippen molar-refractivity contribution in [3.05, 3.63) is 127 Å². The SMILES string of the molecule is O=C(CCN1C(=S)N[C@H](c2ccccn2)[C@H]1c1cccn1-c1ccccc1)Nc1cccc2ccccc12. The number of pyridine rings is 1. The van der Waals surface area contributed by atoms with Crippen LogP contribution >= 0.6 is 12.2 Å². The molecule has 7 heteroatoms. The van der Waals surface area contributed by atoms with Crippen LogP contribution in [0.5, 0.6) is 0 Å². The van der Waals surface area contributed by atoms with E-state index in [1.165, 1.54) is 0 Å². The first-order valence-corrected chi connectivity index (χ1v) is 13.1. The fourth-order valence-electron chi connectivity index (χ4n) is 5.20. The first-order valence-electron chi connectivity index (χ1n) is 12.7. The standard InChI is InChI=1S/C31H27N5OS/c37-28(33-25-16-8-11-22-10-4-5-14-24(22)25)18-21-36-30(29(34-31(36)38)26-15-6-7-19-32-26)27-17-9-20-35(27)23-12-2-1-3-13-23/h1-17,19-20,29-30H,18,21H2,(H,33,37)(H,34,38)/t29-,30-/m1/s1. The predicted molar refractivity (Wildman–Crippen MR) is 155 cm³/mol. The number of rotatable bonds is 7. The van der Waals surface area contributed by atoms with Crippen LogP contribution in [0, 0.1) is 0 Å². The Kier molecular flexibility index (Phi) is 6.58. The van der Waals surface area contributed by atoms with Crippen molar-refractivity contribution in [2.75, 3.05) is 11.9 Å². The van der Waals surface area contributed by atoms with Gasteiger partial charge < -0.3 is 20.1 Å². The Bertz CT molecular complexity index is 1580. The van der Waals surface area contributed by atoms with E-state index in [4.69, 9.17) is 12.2 Å². The van der Waals surface area contributed by atoms with Crippen molar-refractivity contribution < 1.29 is 4.79 Å². The van der Waals surface area contributed by atoms with Crippen molar-refractivity contribution in [1.82, 2.24) is 19.8 Å². The van der Waals surface area contributed by atoms with Gasteiger partial charge in [0.05, 0.1) is 17.8 Å². The molecule has 2 N–H and O–H groups in total. The van der Waals surface area contributed by atoms with Gasteiger partial charge in [-0.15, -0.1) is 0 Å². The summed E-state index contributed by atoms with van der Waals surface area (Å²) in [6, 6.07) is 34.0. The van der Waals surface area contributed by atoms with Gasteiger partial charge in [-0.25, -0.2) is 0 Å². The number of hydrogen-bond donors (Lipinski definition) is 2. The number of carbonyl (C=O) groups is 1. The van der Waals surface area contributed by atoms with Crippen LogP contribution in [0.15, 0.2) is 116 Å². The number of benzene rings is 3. The average Bonchev–Trinajstić information content (AvgIpc) is 3.57.